The van der Waals surface area contributed by atoms with Gasteiger partial charge < -0.3 is 21.7 Å². The Bertz CT molecular complexity index is 159. The molecule has 0 amide bonds. The van der Waals surface area contributed by atoms with Gasteiger partial charge in [-0.2, -0.15) is 0 Å². The molecule has 0 saturated heterocycles. The largest absolute Gasteiger partial charge is 2.00 e. The standard InChI is InChI=1S/C5H10N2O4.Pt/c6-3(7)1-2(4(8)9)5(10)11;/h2-3H,1,6-7H2,(H,8,9)(H,10,11);/q;+2. The number of rotatable bonds is 4. The smallest absolute Gasteiger partial charge is 0.481 e. The fourth-order valence-electron chi connectivity index (χ4n) is 0.579. The van der Waals surface area contributed by atoms with Crippen LogP contribution in [0.4, 0.5) is 0 Å². The first kappa shape index (κ1) is 14.1. The summed E-state index contributed by atoms with van der Waals surface area (Å²) in [5, 5.41) is 16.6. The Morgan fingerprint density at radius 3 is 1.58 bits per heavy atom. The Morgan fingerprint density at radius 2 is 1.50 bits per heavy atom. The Hall–Kier alpha value is -0.452. The van der Waals surface area contributed by atoms with E-state index in [-0.39, 0.29) is 27.5 Å². The molecule has 0 aliphatic heterocycles. The van der Waals surface area contributed by atoms with Crippen LogP contribution in [0.3, 0.4) is 0 Å². The second-order valence-electron chi connectivity index (χ2n) is 2.13. The molecule has 0 aromatic carbocycles. The van der Waals surface area contributed by atoms with Gasteiger partial charge in [0.25, 0.3) is 0 Å². The van der Waals surface area contributed by atoms with Crippen LogP contribution in [0.15, 0.2) is 0 Å². The summed E-state index contributed by atoms with van der Waals surface area (Å²) in [4.78, 5) is 20.4. The summed E-state index contributed by atoms with van der Waals surface area (Å²) in [6.07, 6.45) is -1.17. The SMILES string of the molecule is NC(N)CC(C(=O)O)C(=O)O.[Pt+2]. The average molecular weight is 357 g/mol. The zero-order valence-corrected chi connectivity index (χ0v) is 8.32. The Balaban J connectivity index is 0. The molecule has 0 radical (unpaired) electrons. The van der Waals surface area contributed by atoms with Crippen molar-refractivity contribution < 1.29 is 40.9 Å². The maximum atomic E-state index is 10.2. The molecule has 0 fully saturated rings. The monoisotopic (exact) mass is 357 g/mol. The van der Waals surface area contributed by atoms with Crippen molar-refractivity contribution in [2.24, 2.45) is 17.4 Å². The number of hydrogen-bond acceptors (Lipinski definition) is 4. The van der Waals surface area contributed by atoms with Gasteiger partial charge in [-0.1, -0.05) is 0 Å². The van der Waals surface area contributed by atoms with Gasteiger partial charge in [-0.3, -0.25) is 9.59 Å². The first-order valence-electron chi connectivity index (χ1n) is 2.92. The summed E-state index contributed by atoms with van der Waals surface area (Å²) in [6, 6.07) is 0. The van der Waals surface area contributed by atoms with Gasteiger partial charge in [-0.15, -0.1) is 0 Å². The van der Waals surface area contributed by atoms with Crippen molar-refractivity contribution >= 4 is 11.9 Å². The van der Waals surface area contributed by atoms with Crippen LogP contribution in [0, 0.1) is 5.92 Å². The fraction of sp³-hybridized carbons (Fsp3) is 0.600. The van der Waals surface area contributed by atoms with Crippen molar-refractivity contribution in [2.75, 3.05) is 0 Å². The Morgan fingerprint density at radius 1 is 1.17 bits per heavy atom. The molecule has 72 valence electrons. The van der Waals surface area contributed by atoms with Crippen molar-refractivity contribution in [2.45, 2.75) is 12.6 Å². The maximum absolute atomic E-state index is 10.2. The average Bonchev–Trinajstić information content (AvgIpc) is 1.81. The molecule has 0 atom stereocenters. The van der Waals surface area contributed by atoms with E-state index in [0.717, 1.165) is 0 Å². The molecular weight excluding hydrogens is 347 g/mol. The first-order chi connectivity index (χ1) is 4.95. The molecule has 0 unspecified atom stereocenters. The van der Waals surface area contributed by atoms with Gasteiger partial charge in [0.15, 0.2) is 5.92 Å². The van der Waals surface area contributed by atoms with Crippen LogP contribution in [0.2, 0.25) is 0 Å². The molecule has 12 heavy (non-hydrogen) atoms. The predicted molar refractivity (Wildman–Crippen MR) is 35.5 cm³/mol. The third-order valence-electron chi connectivity index (χ3n) is 1.10. The molecular formula is C5H10N2O4Pt+2. The Kier molecular flexibility index (Phi) is 7.17. The number of aliphatic carboxylic acids is 2. The number of carboxylic acids is 2. The minimum atomic E-state index is -1.50. The quantitative estimate of drug-likeness (QED) is 0.355. The molecule has 0 aliphatic carbocycles. The van der Waals surface area contributed by atoms with Crippen LogP contribution in [0.1, 0.15) is 6.42 Å². The van der Waals surface area contributed by atoms with Crippen molar-refractivity contribution in [1.29, 1.82) is 0 Å². The van der Waals surface area contributed by atoms with E-state index < -0.39 is 24.0 Å². The zero-order valence-electron chi connectivity index (χ0n) is 6.04. The second kappa shape index (κ2) is 6.11. The summed E-state index contributed by atoms with van der Waals surface area (Å²) in [6.45, 7) is 0. The van der Waals surface area contributed by atoms with E-state index in [4.69, 9.17) is 21.7 Å². The van der Waals surface area contributed by atoms with Gasteiger partial charge in [0.05, 0.1) is 6.17 Å². The molecule has 0 aromatic heterocycles. The van der Waals surface area contributed by atoms with Crippen molar-refractivity contribution in [3.8, 4) is 0 Å². The normalized spacial score (nSPS) is 9.67. The fourth-order valence-corrected chi connectivity index (χ4v) is 0.579. The third kappa shape index (κ3) is 5.23. The number of hydrogen-bond donors (Lipinski definition) is 4. The number of nitrogens with two attached hydrogens (primary N) is 2. The van der Waals surface area contributed by atoms with Crippen molar-refractivity contribution in [1.82, 2.24) is 0 Å². The summed E-state index contributed by atoms with van der Waals surface area (Å²) in [5.41, 5.74) is 10.0. The molecule has 0 spiro atoms. The van der Waals surface area contributed by atoms with Crippen LogP contribution >= 0.6 is 0 Å². The third-order valence-corrected chi connectivity index (χ3v) is 1.10. The first-order valence-corrected chi connectivity index (χ1v) is 2.92. The summed E-state index contributed by atoms with van der Waals surface area (Å²) in [5.74, 6) is -4.34. The van der Waals surface area contributed by atoms with Gasteiger partial charge in [0.2, 0.25) is 0 Å². The minimum Gasteiger partial charge on any atom is -0.481 e. The minimum absolute atomic E-state index is 0. The van der Waals surface area contributed by atoms with E-state index >= 15 is 0 Å². The van der Waals surface area contributed by atoms with E-state index in [1.807, 2.05) is 0 Å². The number of carbonyl (C=O) groups is 2. The van der Waals surface area contributed by atoms with E-state index in [2.05, 4.69) is 0 Å². The van der Waals surface area contributed by atoms with Crippen molar-refractivity contribution in [3.63, 3.8) is 0 Å². The number of carboxylic acid groups (broad SMARTS) is 2. The molecule has 0 aromatic rings. The molecule has 0 heterocycles. The van der Waals surface area contributed by atoms with Crippen LogP contribution in [0.25, 0.3) is 0 Å². The summed E-state index contributed by atoms with van der Waals surface area (Å²) in [7, 11) is 0. The van der Waals surface area contributed by atoms with Crippen LogP contribution in [-0.2, 0) is 30.7 Å². The topological polar surface area (TPSA) is 127 Å². The summed E-state index contributed by atoms with van der Waals surface area (Å²) >= 11 is 0. The van der Waals surface area contributed by atoms with Gasteiger partial charge in [-0.05, 0) is 6.42 Å². The summed E-state index contributed by atoms with van der Waals surface area (Å²) < 4.78 is 0. The molecule has 0 aliphatic rings. The molecule has 0 bridgehead atoms. The molecule has 6 nitrogen and oxygen atoms in total. The molecule has 7 heteroatoms. The van der Waals surface area contributed by atoms with Gasteiger partial charge in [0.1, 0.15) is 0 Å². The Labute approximate surface area is 83.2 Å². The van der Waals surface area contributed by atoms with Crippen LogP contribution in [0.5, 0.6) is 0 Å². The molecule has 0 saturated carbocycles. The van der Waals surface area contributed by atoms with Gasteiger partial charge in [-0.25, -0.2) is 0 Å². The van der Waals surface area contributed by atoms with Gasteiger partial charge in [0, 0.05) is 0 Å². The van der Waals surface area contributed by atoms with E-state index in [1.165, 1.54) is 0 Å². The van der Waals surface area contributed by atoms with Crippen LogP contribution < -0.4 is 11.5 Å². The van der Waals surface area contributed by atoms with E-state index in [0.29, 0.717) is 0 Å². The predicted octanol–water partition coefficient (Wildman–Crippen LogP) is -1.60. The van der Waals surface area contributed by atoms with Gasteiger partial charge >= 0.3 is 33.0 Å². The molecule has 0 rings (SSSR count). The molecule has 6 N–H and O–H groups in total. The van der Waals surface area contributed by atoms with Crippen molar-refractivity contribution in [3.05, 3.63) is 0 Å². The maximum Gasteiger partial charge on any atom is 2.00 e. The zero-order chi connectivity index (χ0) is 9.02. The van der Waals surface area contributed by atoms with E-state index in [1.54, 1.807) is 0 Å². The van der Waals surface area contributed by atoms with Crippen LogP contribution in [-0.4, -0.2) is 28.3 Å². The van der Waals surface area contributed by atoms with E-state index in [9.17, 15) is 9.59 Å². The second-order valence-corrected chi connectivity index (χ2v) is 2.13.